The van der Waals surface area contributed by atoms with Crippen molar-refractivity contribution in [1.29, 1.82) is 5.26 Å². The summed E-state index contributed by atoms with van der Waals surface area (Å²) in [6.07, 6.45) is 2.70. The largest absolute Gasteiger partial charge is 0.369 e. The van der Waals surface area contributed by atoms with Crippen molar-refractivity contribution >= 4 is 17.0 Å². The van der Waals surface area contributed by atoms with E-state index < -0.39 is 0 Å². The molecular formula is C16H15N5. The fourth-order valence-corrected chi connectivity index (χ4v) is 2.46. The summed E-state index contributed by atoms with van der Waals surface area (Å²) in [5.74, 6) is 0.438. The van der Waals surface area contributed by atoms with Gasteiger partial charge in [-0.25, -0.2) is 4.98 Å². The summed E-state index contributed by atoms with van der Waals surface area (Å²) >= 11 is 0. The molecule has 2 aromatic heterocycles. The number of rotatable bonds is 3. The van der Waals surface area contributed by atoms with Crippen molar-refractivity contribution in [3.63, 3.8) is 0 Å². The maximum Gasteiger partial charge on any atom is 0.201 e. The highest BCUT2D eigenvalue weighted by Crippen LogP contribution is 2.21. The van der Waals surface area contributed by atoms with Crippen LogP contribution in [0.5, 0.6) is 0 Å². The van der Waals surface area contributed by atoms with Crippen molar-refractivity contribution in [3.8, 4) is 6.07 Å². The molecule has 1 aromatic carbocycles. The summed E-state index contributed by atoms with van der Waals surface area (Å²) in [5, 5.41) is 9.04. The van der Waals surface area contributed by atoms with Crippen molar-refractivity contribution in [3.05, 3.63) is 53.3 Å². The Balaban J connectivity index is 2.12. The van der Waals surface area contributed by atoms with E-state index in [4.69, 9.17) is 11.0 Å². The lowest BCUT2D eigenvalue weighted by Gasteiger charge is -2.09. The van der Waals surface area contributed by atoms with Gasteiger partial charge >= 0.3 is 0 Å². The number of anilines is 1. The molecular weight excluding hydrogens is 262 g/mol. The third-order valence-corrected chi connectivity index (χ3v) is 3.58. The van der Waals surface area contributed by atoms with Gasteiger partial charge in [-0.3, -0.25) is 4.98 Å². The summed E-state index contributed by atoms with van der Waals surface area (Å²) in [6, 6.07) is 11.5. The first kappa shape index (κ1) is 13.1. The van der Waals surface area contributed by atoms with Gasteiger partial charge in [-0.15, -0.1) is 0 Å². The van der Waals surface area contributed by atoms with Crippen molar-refractivity contribution < 1.29 is 0 Å². The minimum Gasteiger partial charge on any atom is -0.369 e. The van der Waals surface area contributed by atoms with E-state index in [1.54, 1.807) is 12.3 Å². The number of imidazole rings is 1. The number of hydrogen-bond donors (Lipinski definition) is 1. The van der Waals surface area contributed by atoms with E-state index in [1.807, 2.05) is 22.8 Å². The predicted molar refractivity (Wildman–Crippen MR) is 81.6 cm³/mol. The van der Waals surface area contributed by atoms with Crippen LogP contribution in [0.3, 0.4) is 0 Å². The third kappa shape index (κ3) is 2.32. The van der Waals surface area contributed by atoms with Gasteiger partial charge in [0.15, 0.2) is 0 Å². The molecule has 0 aliphatic heterocycles. The SMILES string of the molecule is CCc1cccnc1Cn1c(N)nc2ccc(C#N)cc21. The number of pyridine rings is 1. The van der Waals surface area contributed by atoms with Gasteiger partial charge in [0, 0.05) is 6.20 Å². The maximum atomic E-state index is 9.04. The van der Waals surface area contributed by atoms with Crippen LogP contribution >= 0.6 is 0 Å². The summed E-state index contributed by atoms with van der Waals surface area (Å²) in [6.45, 7) is 2.66. The molecule has 0 radical (unpaired) electrons. The quantitative estimate of drug-likeness (QED) is 0.797. The molecule has 2 heterocycles. The van der Waals surface area contributed by atoms with Crippen molar-refractivity contribution in [2.24, 2.45) is 0 Å². The highest BCUT2D eigenvalue weighted by Gasteiger charge is 2.11. The van der Waals surface area contributed by atoms with Gasteiger partial charge in [0.1, 0.15) is 0 Å². The first-order valence-corrected chi connectivity index (χ1v) is 6.81. The second kappa shape index (κ2) is 5.25. The van der Waals surface area contributed by atoms with Crippen LogP contribution in [0.25, 0.3) is 11.0 Å². The number of aryl methyl sites for hydroxylation is 1. The zero-order valence-electron chi connectivity index (χ0n) is 11.7. The van der Waals surface area contributed by atoms with E-state index in [0.717, 1.165) is 23.1 Å². The third-order valence-electron chi connectivity index (χ3n) is 3.58. The van der Waals surface area contributed by atoms with Crippen LogP contribution in [0.1, 0.15) is 23.7 Å². The van der Waals surface area contributed by atoms with Crippen molar-refractivity contribution in [2.45, 2.75) is 19.9 Å². The fourth-order valence-electron chi connectivity index (χ4n) is 2.46. The Bertz CT molecular complexity index is 841. The molecule has 0 spiro atoms. The summed E-state index contributed by atoms with van der Waals surface area (Å²) in [7, 11) is 0. The number of fused-ring (bicyclic) bond motifs is 1. The number of nitrogens with zero attached hydrogens (tertiary/aromatic N) is 4. The van der Waals surface area contributed by atoms with Crippen molar-refractivity contribution in [2.75, 3.05) is 5.73 Å². The first-order chi connectivity index (χ1) is 10.2. The number of aromatic nitrogens is 3. The number of benzene rings is 1. The van der Waals surface area contributed by atoms with Crippen LogP contribution in [-0.2, 0) is 13.0 Å². The van der Waals surface area contributed by atoms with Crippen LogP contribution in [0.15, 0.2) is 36.5 Å². The minimum atomic E-state index is 0.438. The highest BCUT2D eigenvalue weighted by molar-refractivity contribution is 5.80. The predicted octanol–water partition coefficient (Wildman–Crippen LogP) is 2.50. The molecule has 0 saturated carbocycles. The molecule has 0 fully saturated rings. The average Bonchev–Trinajstić information content (AvgIpc) is 2.83. The lowest BCUT2D eigenvalue weighted by molar-refractivity contribution is 0.793. The summed E-state index contributed by atoms with van der Waals surface area (Å²) in [5.41, 5.74) is 10.4. The Labute approximate surface area is 122 Å². The molecule has 2 N–H and O–H groups in total. The van der Waals surface area contributed by atoms with E-state index >= 15 is 0 Å². The smallest absolute Gasteiger partial charge is 0.201 e. The molecule has 21 heavy (non-hydrogen) atoms. The number of nitrogens with two attached hydrogens (primary N) is 1. The van der Waals surface area contributed by atoms with E-state index in [2.05, 4.69) is 29.0 Å². The Morgan fingerprint density at radius 3 is 2.95 bits per heavy atom. The number of nitrogen functional groups attached to an aromatic ring is 1. The summed E-state index contributed by atoms with van der Waals surface area (Å²) in [4.78, 5) is 8.79. The molecule has 5 heteroatoms. The van der Waals surface area contributed by atoms with E-state index in [1.165, 1.54) is 5.56 Å². The molecule has 104 valence electrons. The van der Waals surface area contributed by atoms with Gasteiger partial charge in [0.25, 0.3) is 0 Å². The maximum absolute atomic E-state index is 9.04. The number of nitriles is 1. The van der Waals surface area contributed by atoms with Crippen LogP contribution in [0.2, 0.25) is 0 Å². The van der Waals surface area contributed by atoms with Crippen molar-refractivity contribution in [1.82, 2.24) is 14.5 Å². The zero-order chi connectivity index (χ0) is 14.8. The second-order valence-electron chi connectivity index (χ2n) is 4.83. The molecule has 0 bridgehead atoms. The summed E-state index contributed by atoms with van der Waals surface area (Å²) < 4.78 is 1.90. The Kier molecular flexibility index (Phi) is 3.28. The zero-order valence-corrected chi connectivity index (χ0v) is 11.7. The molecule has 0 saturated heterocycles. The Hall–Kier alpha value is -2.87. The van der Waals surface area contributed by atoms with Crippen LogP contribution in [-0.4, -0.2) is 14.5 Å². The normalized spacial score (nSPS) is 10.7. The molecule has 0 amide bonds. The van der Waals surface area contributed by atoms with Gasteiger partial charge in [0.05, 0.1) is 34.9 Å². The monoisotopic (exact) mass is 277 g/mol. The Morgan fingerprint density at radius 1 is 1.33 bits per heavy atom. The molecule has 0 unspecified atom stereocenters. The minimum absolute atomic E-state index is 0.438. The second-order valence-corrected chi connectivity index (χ2v) is 4.83. The van der Waals surface area contributed by atoms with E-state index in [0.29, 0.717) is 18.1 Å². The molecule has 3 aromatic rings. The standard InChI is InChI=1S/C16H15N5/c1-2-12-4-3-7-19-14(12)10-21-15-8-11(9-17)5-6-13(15)20-16(21)18/h3-8H,2,10H2,1H3,(H2,18,20). The van der Waals surface area contributed by atoms with Gasteiger partial charge in [-0.2, -0.15) is 5.26 Å². The van der Waals surface area contributed by atoms with E-state index in [9.17, 15) is 0 Å². The fraction of sp³-hybridized carbons (Fsp3) is 0.188. The molecule has 0 atom stereocenters. The Morgan fingerprint density at radius 2 is 2.19 bits per heavy atom. The van der Waals surface area contributed by atoms with Crippen LogP contribution in [0, 0.1) is 11.3 Å². The van der Waals surface area contributed by atoms with Gasteiger partial charge in [0.2, 0.25) is 5.95 Å². The van der Waals surface area contributed by atoms with Crippen LogP contribution < -0.4 is 5.73 Å². The molecule has 0 aliphatic rings. The molecule has 3 rings (SSSR count). The van der Waals surface area contributed by atoms with Gasteiger partial charge in [-0.1, -0.05) is 13.0 Å². The molecule has 0 aliphatic carbocycles. The molecule has 5 nitrogen and oxygen atoms in total. The van der Waals surface area contributed by atoms with Gasteiger partial charge in [-0.05, 0) is 36.2 Å². The van der Waals surface area contributed by atoms with E-state index in [-0.39, 0.29) is 0 Å². The van der Waals surface area contributed by atoms with Crippen LogP contribution in [0.4, 0.5) is 5.95 Å². The average molecular weight is 277 g/mol. The number of hydrogen-bond acceptors (Lipinski definition) is 4. The van der Waals surface area contributed by atoms with Gasteiger partial charge < -0.3 is 10.3 Å². The highest BCUT2D eigenvalue weighted by atomic mass is 15.2. The first-order valence-electron chi connectivity index (χ1n) is 6.81. The lowest BCUT2D eigenvalue weighted by Crippen LogP contribution is -2.08. The lowest BCUT2D eigenvalue weighted by atomic mass is 10.1. The topological polar surface area (TPSA) is 80.5 Å².